The molecule has 0 unspecified atom stereocenters. The fourth-order valence-corrected chi connectivity index (χ4v) is 4.49. The van der Waals surface area contributed by atoms with Crippen molar-refractivity contribution in [1.29, 1.82) is 0 Å². The molecule has 3 rings (SSSR count). The lowest BCUT2D eigenvalue weighted by molar-refractivity contribution is -0.133. The van der Waals surface area contributed by atoms with Gasteiger partial charge in [0.05, 0.1) is 11.5 Å². The molecule has 1 aromatic carbocycles. The largest absolute Gasteiger partial charge is 0.494 e. The number of nitrogens with zero attached hydrogens (tertiary/aromatic N) is 2. The topological polar surface area (TPSA) is 66.9 Å². The molecule has 0 atom stereocenters. The zero-order valence-corrected chi connectivity index (χ0v) is 15.0. The van der Waals surface area contributed by atoms with E-state index in [1.54, 1.807) is 23.1 Å². The summed E-state index contributed by atoms with van der Waals surface area (Å²) < 4.78 is 32.6. The van der Waals surface area contributed by atoms with Crippen LogP contribution in [-0.4, -0.2) is 56.3 Å². The molecule has 7 heteroatoms. The molecule has 0 aromatic heterocycles. The van der Waals surface area contributed by atoms with Crippen molar-refractivity contribution in [3.8, 4) is 5.75 Å². The van der Waals surface area contributed by atoms with E-state index < -0.39 is 10.0 Å². The van der Waals surface area contributed by atoms with Gasteiger partial charge in [0.15, 0.2) is 0 Å². The minimum atomic E-state index is -3.53. The highest BCUT2D eigenvalue weighted by molar-refractivity contribution is 7.89. The number of carbonyl (C=O) groups excluding carboxylic acids is 1. The molecule has 1 aliphatic heterocycles. The van der Waals surface area contributed by atoms with Crippen LogP contribution in [0, 0.1) is 12.8 Å². The summed E-state index contributed by atoms with van der Waals surface area (Å²) >= 11 is 0. The number of piperazine rings is 1. The van der Waals surface area contributed by atoms with Gasteiger partial charge in [-0.1, -0.05) is 0 Å². The second kappa shape index (κ2) is 6.72. The van der Waals surface area contributed by atoms with Crippen LogP contribution >= 0.6 is 0 Å². The molecule has 0 spiro atoms. The number of aryl methyl sites for hydroxylation is 1. The maximum Gasteiger partial charge on any atom is 0.243 e. The zero-order valence-electron chi connectivity index (χ0n) is 14.2. The van der Waals surface area contributed by atoms with Gasteiger partial charge in [-0.3, -0.25) is 4.79 Å². The monoisotopic (exact) mass is 352 g/mol. The first-order valence-corrected chi connectivity index (χ1v) is 9.90. The van der Waals surface area contributed by atoms with Crippen LogP contribution in [-0.2, 0) is 14.8 Å². The molecule has 1 amide bonds. The Balaban J connectivity index is 1.69. The van der Waals surface area contributed by atoms with Gasteiger partial charge < -0.3 is 9.64 Å². The summed E-state index contributed by atoms with van der Waals surface area (Å²) in [5, 5.41) is 0. The van der Waals surface area contributed by atoms with E-state index in [1.165, 1.54) is 4.31 Å². The third kappa shape index (κ3) is 3.42. The first-order chi connectivity index (χ1) is 11.4. The van der Waals surface area contributed by atoms with Gasteiger partial charge in [0.25, 0.3) is 0 Å². The number of hydrogen-bond acceptors (Lipinski definition) is 4. The molecule has 1 aliphatic carbocycles. The molecule has 24 heavy (non-hydrogen) atoms. The summed E-state index contributed by atoms with van der Waals surface area (Å²) in [4.78, 5) is 14.2. The summed E-state index contributed by atoms with van der Waals surface area (Å²) in [6.45, 7) is 5.95. The lowest BCUT2D eigenvalue weighted by Gasteiger charge is -2.34. The van der Waals surface area contributed by atoms with Crippen LogP contribution in [0.4, 0.5) is 0 Å². The van der Waals surface area contributed by atoms with Gasteiger partial charge in [-0.25, -0.2) is 8.42 Å². The summed E-state index contributed by atoms with van der Waals surface area (Å²) in [7, 11) is -3.53. The van der Waals surface area contributed by atoms with Crippen LogP contribution < -0.4 is 4.74 Å². The van der Waals surface area contributed by atoms with Gasteiger partial charge in [0.1, 0.15) is 5.75 Å². The summed E-state index contributed by atoms with van der Waals surface area (Å²) in [6, 6.07) is 4.95. The van der Waals surface area contributed by atoms with E-state index in [2.05, 4.69) is 0 Å². The first kappa shape index (κ1) is 17.2. The van der Waals surface area contributed by atoms with Gasteiger partial charge in [0.2, 0.25) is 15.9 Å². The van der Waals surface area contributed by atoms with E-state index in [-0.39, 0.29) is 16.7 Å². The lowest BCUT2D eigenvalue weighted by atomic mass is 10.2. The van der Waals surface area contributed by atoms with Crippen molar-refractivity contribution in [3.05, 3.63) is 23.8 Å². The molecule has 1 aromatic rings. The maximum absolute atomic E-state index is 12.8. The Hall–Kier alpha value is -1.60. The Morgan fingerprint density at radius 2 is 1.88 bits per heavy atom. The molecule has 1 saturated carbocycles. The van der Waals surface area contributed by atoms with Crippen LogP contribution in [0.25, 0.3) is 0 Å². The molecule has 0 N–H and O–H groups in total. The highest BCUT2D eigenvalue weighted by Gasteiger charge is 2.36. The molecule has 1 saturated heterocycles. The molecule has 0 radical (unpaired) electrons. The smallest absolute Gasteiger partial charge is 0.243 e. The van der Waals surface area contributed by atoms with Crippen molar-refractivity contribution in [1.82, 2.24) is 9.21 Å². The van der Waals surface area contributed by atoms with E-state index >= 15 is 0 Å². The Morgan fingerprint density at radius 3 is 2.42 bits per heavy atom. The molecule has 2 aliphatic rings. The van der Waals surface area contributed by atoms with Crippen molar-refractivity contribution < 1.29 is 17.9 Å². The van der Waals surface area contributed by atoms with Crippen molar-refractivity contribution in [3.63, 3.8) is 0 Å². The minimum Gasteiger partial charge on any atom is -0.494 e. The number of benzene rings is 1. The normalized spacial score (nSPS) is 19.3. The van der Waals surface area contributed by atoms with Crippen molar-refractivity contribution in [2.75, 3.05) is 32.8 Å². The van der Waals surface area contributed by atoms with Crippen LogP contribution in [0.3, 0.4) is 0 Å². The third-order valence-electron chi connectivity index (χ3n) is 4.56. The Bertz CT molecular complexity index is 720. The Kier molecular flexibility index (Phi) is 4.83. The number of carbonyl (C=O) groups is 1. The standard InChI is InChI=1S/C17H24N2O4S/c1-3-23-16-7-6-15(12-13(16)2)24(21,22)19-10-8-18(9-11-19)17(20)14-4-5-14/h6-7,12,14H,3-5,8-11H2,1-2H3. The van der Waals surface area contributed by atoms with Gasteiger partial charge in [-0.15, -0.1) is 0 Å². The first-order valence-electron chi connectivity index (χ1n) is 8.46. The van der Waals surface area contributed by atoms with Crippen LogP contribution in [0.1, 0.15) is 25.3 Å². The van der Waals surface area contributed by atoms with Crippen LogP contribution in [0.2, 0.25) is 0 Å². The fraction of sp³-hybridized carbons (Fsp3) is 0.588. The molecule has 6 nitrogen and oxygen atoms in total. The summed E-state index contributed by atoms with van der Waals surface area (Å²) in [5.41, 5.74) is 0.806. The predicted molar refractivity (Wildman–Crippen MR) is 90.4 cm³/mol. The number of hydrogen-bond donors (Lipinski definition) is 0. The number of sulfonamides is 1. The maximum atomic E-state index is 12.8. The van der Waals surface area contributed by atoms with E-state index in [0.29, 0.717) is 38.5 Å². The van der Waals surface area contributed by atoms with E-state index in [9.17, 15) is 13.2 Å². The van der Waals surface area contributed by atoms with Crippen molar-refractivity contribution in [2.45, 2.75) is 31.6 Å². The average Bonchev–Trinajstić information content (AvgIpc) is 3.41. The molecular formula is C17H24N2O4S. The predicted octanol–water partition coefficient (Wildman–Crippen LogP) is 1.64. The number of ether oxygens (including phenoxy) is 1. The van der Waals surface area contributed by atoms with Gasteiger partial charge in [-0.05, 0) is 50.5 Å². The fourth-order valence-electron chi connectivity index (χ4n) is 2.99. The van der Waals surface area contributed by atoms with Crippen molar-refractivity contribution in [2.24, 2.45) is 5.92 Å². The zero-order chi connectivity index (χ0) is 17.3. The lowest BCUT2D eigenvalue weighted by Crippen LogP contribution is -2.50. The average molecular weight is 352 g/mol. The second-order valence-corrected chi connectivity index (χ2v) is 8.30. The molecule has 132 valence electrons. The van der Waals surface area contributed by atoms with Gasteiger partial charge in [-0.2, -0.15) is 4.31 Å². The molecular weight excluding hydrogens is 328 g/mol. The van der Waals surface area contributed by atoms with Crippen LogP contribution in [0.5, 0.6) is 5.75 Å². The summed E-state index contributed by atoms with van der Waals surface area (Å²) in [6.07, 6.45) is 1.95. The minimum absolute atomic E-state index is 0.182. The van der Waals surface area contributed by atoms with Crippen molar-refractivity contribution >= 4 is 15.9 Å². The number of rotatable bonds is 5. The highest BCUT2D eigenvalue weighted by atomic mass is 32.2. The molecule has 2 fully saturated rings. The Morgan fingerprint density at radius 1 is 1.21 bits per heavy atom. The quantitative estimate of drug-likeness (QED) is 0.808. The van der Waals surface area contributed by atoms with Gasteiger partial charge >= 0.3 is 0 Å². The second-order valence-electron chi connectivity index (χ2n) is 6.36. The molecule has 0 bridgehead atoms. The SMILES string of the molecule is CCOc1ccc(S(=O)(=O)N2CCN(C(=O)C3CC3)CC2)cc1C. The highest BCUT2D eigenvalue weighted by Crippen LogP contribution is 2.31. The Labute approximate surface area is 143 Å². The van der Waals surface area contributed by atoms with E-state index in [1.807, 2.05) is 13.8 Å². The van der Waals surface area contributed by atoms with E-state index in [0.717, 1.165) is 18.4 Å². The molecule has 1 heterocycles. The van der Waals surface area contributed by atoms with Gasteiger partial charge in [0, 0.05) is 32.1 Å². The summed E-state index contributed by atoms with van der Waals surface area (Å²) in [5.74, 6) is 1.07. The third-order valence-corrected chi connectivity index (χ3v) is 6.46. The number of amides is 1. The van der Waals surface area contributed by atoms with Crippen LogP contribution in [0.15, 0.2) is 23.1 Å². The van der Waals surface area contributed by atoms with E-state index in [4.69, 9.17) is 4.74 Å².